The van der Waals surface area contributed by atoms with Crippen LogP contribution >= 0.6 is 0 Å². The van der Waals surface area contributed by atoms with Gasteiger partial charge in [-0.25, -0.2) is 8.78 Å². The molecule has 3 rings (SSSR count). The summed E-state index contributed by atoms with van der Waals surface area (Å²) in [6, 6.07) is 4.90. The molecule has 21 heavy (non-hydrogen) atoms. The van der Waals surface area contributed by atoms with Gasteiger partial charge in [0.05, 0.1) is 11.6 Å². The van der Waals surface area contributed by atoms with Crippen LogP contribution in [0.3, 0.4) is 0 Å². The largest absolute Gasteiger partial charge is 0.310 e. The van der Waals surface area contributed by atoms with E-state index < -0.39 is 11.6 Å². The van der Waals surface area contributed by atoms with Gasteiger partial charge in [-0.15, -0.1) is 0 Å². The van der Waals surface area contributed by atoms with E-state index in [1.807, 2.05) is 0 Å². The summed E-state index contributed by atoms with van der Waals surface area (Å²) in [6.45, 7) is 2.44. The van der Waals surface area contributed by atoms with Crippen molar-refractivity contribution in [3.63, 3.8) is 0 Å². The van der Waals surface area contributed by atoms with Crippen LogP contribution in [0.1, 0.15) is 36.8 Å². The number of hydrogen-bond acceptors (Lipinski definition) is 3. The van der Waals surface area contributed by atoms with Crippen molar-refractivity contribution in [1.29, 1.82) is 5.26 Å². The van der Waals surface area contributed by atoms with Gasteiger partial charge >= 0.3 is 0 Å². The fourth-order valence-electron chi connectivity index (χ4n) is 3.49. The summed E-state index contributed by atoms with van der Waals surface area (Å²) in [6.07, 6.45) is 4.57. The van der Waals surface area contributed by atoms with Crippen molar-refractivity contribution in [3.05, 3.63) is 34.9 Å². The Kier molecular flexibility index (Phi) is 4.18. The van der Waals surface area contributed by atoms with Gasteiger partial charge in [0.25, 0.3) is 0 Å². The predicted molar refractivity (Wildman–Crippen MR) is 75.5 cm³/mol. The number of benzene rings is 1. The molecule has 2 aliphatic heterocycles. The molecule has 3 nitrogen and oxygen atoms in total. The molecule has 0 radical (unpaired) electrons. The minimum absolute atomic E-state index is 0.0213. The van der Waals surface area contributed by atoms with Crippen molar-refractivity contribution in [1.82, 2.24) is 10.2 Å². The van der Waals surface area contributed by atoms with Crippen LogP contribution in [0.2, 0.25) is 0 Å². The van der Waals surface area contributed by atoms with Gasteiger partial charge in [0, 0.05) is 24.2 Å². The van der Waals surface area contributed by atoms with Crippen LogP contribution in [0.25, 0.3) is 0 Å². The lowest BCUT2D eigenvalue weighted by atomic mass is 9.97. The Hall–Kier alpha value is -1.51. The third-order valence-electron chi connectivity index (χ3n) is 4.66. The summed E-state index contributed by atoms with van der Waals surface area (Å²) in [4.78, 5) is 2.51. The number of nitriles is 1. The highest BCUT2D eigenvalue weighted by Crippen LogP contribution is 2.27. The first-order valence-electron chi connectivity index (χ1n) is 7.53. The molecule has 0 bridgehead atoms. The summed E-state index contributed by atoms with van der Waals surface area (Å²) >= 11 is 0. The van der Waals surface area contributed by atoms with E-state index in [2.05, 4.69) is 10.2 Å². The highest BCUT2D eigenvalue weighted by molar-refractivity contribution is 5.34. The number of rotatable bonds is 3. The second kappa shape index (κ2) is 6.08. The van der Waals surface area contributed by atoms with E-state index in [1.165, 1.54) is 19.4 Å². The van der Waals surface area contributed by atoms with Crippen molar-refractivity contribution in [2.45, 2.75) is 44.3 Å². The van der Waals surface area contributed by atoms with E-state index in [0.717, 1.165) is 31.5 Å². The molecule has 2 atom stereocenters. The fraction of sp³-hybridized carbons (Fsp3) is 0.562. The van der Waals surface area contributed by atoms with Crippen LogP contribution in [0, 0.1) is 23.0 Å². The summed E-state index contributed by atoms with van der Waals surface area (Å²) in [5, 5.41) is 12.0. The summed E-state index contributed by atoms with van der Waals surface area (Å²) in [7, 11) is 0. The Morgan fingerprint density at radius 3 is 2.71 bits per heavy atom. The van der Waals surface area contributed by atoms with Crippen LogP contribution in [0.15, 0.2) is 12.1 Å². The first-order valence-corrected chi connectivity index (χ1v) is 7.53. The van der Waals surface area contributed by atoms with E-state index in [1.54, 1.807) is 6.07 Å². The Morgan fingerprint density at radius 2 is 2.00 bits per heavy atom. The third kappa shape index (κ3) is 3.07. The molecular weight excluding hydrogens is 272 g/mol. The van der Waals surface area contributed by atoms with Gasteiger partial charge in [0.2, 0.25) is 0 Å². The smallest absolute Gasteiger partial charge is 0.131 e. The summed E-state index contributed by atoms with van der Waals surface area (Å²) in [5.74, 6) is -1.28. The molecule has 0 spiro atoms. The first kappa shape index (κ1) is 14.4. The Bertz CT molecular complexity index is 544. The Balaban J connectivity index is 1.62. The molecule has 2 aliphatic rings. The molecule has 2 saturated heterocycles. The van der Waals surface area contributed by atoms with E-state index in [0.29, 0.717) is 12.1 Å². The second-order valence-electron chi connectivity index (χ2n) is 5.96. The van der Waals surface area contributed by atoms with Crippen molar-refractivity contribution in [2.24, 2.45) is 0 Å². The van der Waals surface area contributed by atoms with Gasteiger partial charge in [-0.1, -0.05) is 0 Å². The summed E-state index contributed by atoms with van der Waals surface area (Å²) < 4.78 is 27.7. The van der Waals surface area contributed by atoms with Crippen LogP contribution in [0.5, 0.6) is 0 Å². The van der Waals surface area contributed by atoms with Crippen molar-refractivity contribution in [2.75, 3.05) is 13.1 Å². The van der Waals surface area contributed by atoms with E-state index in [9.17, 15) is 8.78 Å². The average Bonchev–Trinajstić information content (AvgIpc) is 2.93. The number of nitrogens with zero attached hydrogens (tertiary/aromatic N) is 2. The van der Waals surface area contributed by atoms with Gasteiger partial charge in [-0.3, -0.25) is 0 Å². The summed E-state index contributed by atoms with van der Waals surface area (Å²) in [5.41, 5.74) is 0.0517. The topological polar surface area (TPSA) is 39.1 Å². The molecular formula is C16H19F2N3. The molecule has 5 heteroatoms. The minimum atomic E-state index is -0.641. The molecule has 0 amide bonds. The van der Waals surface area contributed by atoms with Crippen molar-refractivity contribution >= 4 is 0 Å². The number of fused-ring (bicyclic) bond motifs is 1. The SMILES string of the molecule is N#Cc1cc(F)c(CNC2CCN3CCCC3C2)c(F)c1. The lowest BCUT2D eigenvalue weighted by Gasteiger charge is -2.35. The minimum Gasteiger partial charge on any atom is -0.310 e. The maximum absolute atomic E-state index is 13.8. The highest BCUT2D eigenvalue weighted by Gasteiger charge is 2.31. The first-order chi connectivity index (χ1) is 10.2. The Labute approximate surface area is 123 Å². The maximum Gasteiger partial charge on any atom is 0.131 e. The highest BCUT2D eigenvalue weighted by atomic mass is 19.1. The van der Waals surface area contributed by atoms with Crippen molar-refractivity contribution < 1.29 is 8.78 Å². The normalized spacial score (nSPS) is 25.6. The second-order valence-corrected chi connectivity index (χ2v) is 5.96. The van der Waals surface area contributed by atoms with Gasteiger partial charge in [0.1, 0.15) is 11.6 Å². The average molecular weight is 291 g/mol. The monoisotopic (exact) mass is 291 g/mol. The molecule has 0 saturated carbocycles. The molecule has 1 aromatic carbocycles. The zero-order valence-electron chi connectivity index (χ0n) is 11.9. The fourth-order valence-corrected chi connectivity index (χ4v) is 3.49. The number of nitrogens with one attached hydrogen (secondary N) is 1. The number of halogens is 2. The zero-order valence-corrected chi connectivity index (χ0v) is 11.9. The molecule has 2 fully saturated rings. The molecule has 112 valence electrons. The van der Waals surface area contributed by atoms with Crippen LogP contribution in [-0.4, -0.2) is 30.1 Å². The van der Waals surface area contributed by atoms with E-state index in [4.69, 9.17) is 5.26 Å². The molecule has 2 unspecified atom stereocenters. The van der Waals surface area contributed by atoms with Crippen LogP contribution in [0.4, 0.5) is 8.78 Å². The Morgan fingerprint density at radius 1 is 1.24 bits per heavy atom. The zero-order chi connectivity index (χ0) is 14.8. The van der Waals surface area contributed by atoms with Crippen LogP contribution < -0.4 is 5.32 Å². The molecule has 2 heterocycles. The van der Waals surface area contributed by atoms with Gasteiger partial charge < -0.3 is 10.2 Å². The third-order valence-corrected chi connectivity index (χ3v) is 4.66. The molecule has 0 aromatic heterocycles. The molecule has 0 aliphatic carbocycles. The lowest BCUT2D eigenvalue weighted by molar-refractivity contribution is 0.166. The van der Waals surface area contributed by atoms with Gasteiger partial charge in [0.15, 0.2) is 0 Å². The van der Waals surface area contributed by atoms with Crippen molar-refractivity contribution in [3.8, 4) is 6.07 Å². The maximum atomic E-state index is 13.8. The van der Waals surface area contributed by atoms with Gasteiger partial charge in [-0.2, -0.15) is 5.26 Å². The predicted octanol–water partition coefficient (Wildman–Crippen LogP) is 2.55. The number of hydrogen-bond donors (Lipinski definition) is 1. The quantitative estimate of drug-likeness (QED) is 0.930. The van der Waals surface area contributed by atoms with Gasteiger partial charge in [-0.05, 0) is 50.9 Å². The molecule has 1 aromatic rings. The lowest BCUT2D eigenvalue weighted by Crippen LogP contribution is -2.45. The van der Waals surface area contributed by atoms with E-state index in [-0.39, 0.29) is 17.7 Å². The standard InChI is InChI=1S/C16H19F2N3/c17-15-6-11(9-19)7-16(18)14(15)10-20-12-3-5-21-4-1-2-13(21)8-12/h6-7,12-13,20H,1-5,8,10H2. The van der Waals surface area contributed by atoms with E-state index >= 15 is 0 Å². The number of piperidine rings is 1. The molecule has 1 N–H and O–H groups in total. The van der Waals surface area contributed by atoms with Crippen LogP contribution in [-0.2, 0) is 6.54 Å².